The van der Waals surface area contributed by atoms with Crippen LogP contribution in [0.1, 0.15) is 20.3 Å². The molecule has 8 heteroatoms. The average molecular weight is 316 g/mol. The van der Waals surface area contributed by atoms with Gasteiger partial charge < -0.3 is 19.6 Å². The van der Waals surface area contributed by atoms with Crippen LogP contribution in [0.25, 0.3) is 0 Å². The number of anilines is 1. The summed E-state index contributed by atoms with van der Waals surface area (Å²) in [5.41, 5.74) is 0. The Morgan fingerprint density at radius 1 is 1.38 bits per heavy atom. The number of hydrogen-bond donors (Lipinski definition) is 1. The number of ether oxygens (including phenoxy) is 1. The van der Waals surface area contributed by atoms with E-state index in [0.717, 1.165) is 6.54 Å². The van der Waals surface area contributed by atoms with Crippen molar-refractivity contribution < 1.29 is 9.84 Å². The van der Waals surface area contributed by atoms with Crippen LogP contribution < -0.4 is 9.64 Å². The molecule has 0 aromatic carbocycles. The first-order valence-electron chi connectivity index (χ1n) is 7.03. The van der Waals surface area contributed by atoms with Crippen molar-refractivity contribution in [2.24, 2.45) is 0 Å². The standard InChI is InChI=1S/C13H22ClN5O2/c1-8(2)21-13-16-11(14)15-12(17-13)19-7-10(20)5-9(19)6-18(3)4/h8-10,20H,5-7H2,1-4H3. The molecular weight excluding hydrogens is 294 g/mol. The van der Waals surface area contributed by atoms with E-state index in [4.69, 9.17) is 16.3 Å². The maximum absolute atomic E-state index is 9.93. The monoisotopic (exact) mass is 315 g/mol. The van der Waals surface area contributed by atoms with Gasteiger partial charge in [-0.25, -0.2) is 0 Å². The van der Waals surface area contributed by atoms with E-state index in [1.54, 1.807) is 0 Å². The van der Waals surface area contributed by atoms with Gasteiger partial charge in [0, 0.05) is 19.1 Å². The highest BCUT2D eigenvalue weighted by molar-refractivity contribution is 6.28. The van der Waals surface area contributed by atoms with Gasteiger partial charge in [-0.05, 0) is 46.0 Å². The van der Waals surface area contributed by atoms with Crippen LogP contribution in [0.3, 0.4) is 0 Å². The number of nitrogens with zero attached hydrogens (tertiary/aromatic N) is 5. The molecular formula is C13H22ClN5O2. The van der Waals surface area contributed by atoms with Crippen LogP contribution >= 0.6 is 11.6 Å². The van der Waals surface area contributed by atoms with E-state index in [1.165, 1.54) is 0 Å². The van der Waals surface area contributed by atoms with E-state index in [2.05, 4.69) is 19.9 Å². The van der Waals surface area contributed by atoms with E-state index >= 15 is 0 Å². The highest BCUT2D eigenvalue weighted by atomic mass is 35.5. The molecule has 1 aromatic heterocycles. The predicted molar refractivity (Wildman–Crippen MR) is 80.9 cm³/mol. The molecule has 2 rings (SSSR count). The smallest absolute Gasteiger partial charge is 0.322 e. The number of hydrogen-bond acceptors (Lipinski definition) is 7. The van der Waals surface area contributed by atoms with Crippen LogP contribution in [0.2, 0.25) is 5.28 Å². The van der Waals surface area contributed by atoms with Crippen LogP contribution in [-0.4, -0.2) is 70.4 Å². The summed E-state index contributed by atoms with van der Waals surface area (Å²) in [5.74, 6) is 0.453. The number of halogens is 1. The van der Waals surface area contributed by atoms with Gasteiger partial charge in [0.2, 0.25) is 11.2 Å². The molecule has 1 fully saturated rings. The third kappa shape index (κ3) is 4.39. The molecule has 1 N–H and O–H groups in total. The molecule has 0 amide bonds. The zero-order valence-corrected chi connectivity index (χ0v) is 13.6. The SMILES string of the molecule is CC(C)Oc1nc(Cl)nc(N2CC(O)CC2CN(C)C)n1. The van der Waals surface area contributed by atoms with Gasteiger partial charge in [0.1, 0.15) is 0 Å². The Kier molecular flexibility index (Phi) is 5.18. The van der Waals surface area contributed by atoms with Crippen molar-refractivity contribution in [1.29, 1.82) is 0 Å². The summed E-state index contributed by atoms with van der Waals surface area (Å²) in [6, 6.07) is 0.352. The zero-order chi connectivity index (χ0) is 15.6. The highest BCUT2D eigenvalue weighted by Crippen LogP contribution is 2.25. The van der Waals surface area contributed by atoms with Crippen molar-refractivity contribution in [3.63, 3.8) is 0 Å². The first-order chi connectivity index (χ1) is 9.85. The number of aliphatic hydroxyl groups is 1. The second-order valence-corrected chi connectivity index (χ2v) is 6.15. The van der Waals surface area contributed by atoms with Crippen LogP contribution in [0, 0.1) is 0 Å². The number of β-amino-alcohol motifs (C(OH)–C–C–N with tert-alkyl or cyclic N) is 1. The minimum Gasteiger partial charge on any atom is -0.461 e. The first-order valence-corrected chi connectivity index (χ1v) is 7.40. The number of aromatic nitrogens is 3. The largest absolute Gasteiger partial charge is 0.461 e. The third-order valence-corrected chi connectivity index (χ3v) is 3.31. The molecule has 0 aliphatic carbocycles. The quantitative estimate of drug-likeness (QED) is 0.862. The molecule has 118 valence electrons. The Balaban J connectivity index is 2.24. The zero-order valence-electron chi connectivity index (χ0n) is 12.8. The van der Waals surface area contributed by atoms with Crippen molar-refractivity contribution in [3.8, 4) is 6.01 Å². The molecule has 1 aliphatic rings. The van der Waals surface area contributed by atoms with Crippen LogP contribution in [-0.2, 0) is 0 Å². The lowest BCUT2D eigenvalue weighted by Crippen LogP contribution is -2.38. The lowest BCUT2D eigenvalue weighted by atomic mass is 10.2. The van der Waals surface area contributed by atoms with Gasteiger partial charge in [-0.1, -0.05) is 0 Å². The summed E-state index contributed by atoms with van der Waals surface area (Å²) in [6.07, 6.45) is 0.250. The molecule has 0 radical (unpaired) electrons. The molecule has 1 aromatic rings. The van der Waals surface area contributed by atoms with Gasteiger partial charge in [-0.3, -0.25) is 0 Å². The fraction of sp³-hybridized carbons (Fsp3) is 0.769. The third-order valence-electron chi connectivity index (χ3n) is 3.14. The predicted octanol–water partition coefficient (Wildman–Crippen LogP) is 0.813. The lowest BCUT2D eigenvalue weighted by Gasteiger charge is -2.26. The second kappa shape index (κ2) is 6.72. The fourth-order valence-corrected chi connectivity index (χ4v) is 2.59. The van der Waals surface area contributed by atoms with Crippen molar-refractivity contribution in [2.75, 3.05) is 32.1 Å². The maximum Gasteiger partial charge on any atom is 0.322 e. The Morgan fingerprint density at radius 2 is 2.10 bits per heavy atom. The summed E-state index contributed by atoms with van der Waals surface area (Å²) in [4.78, 5) is 16.5. The van der Waals surface area contributed by atoms with Crippen LogP contribution in [0.5, 0.6) is 6.01 Å². The van der Waals surface area contributed by atoms with Gasteiger partial charge in [-0.15, -0.1) is 0 Å². The number of likely N-dealkylation sites (N-methyl/N-ethyl adjacent to an activating group) is 1. The van der Waals surface area contributed by atoms with E-state index in [1.807, 2.05) is 32.8 Å². The molecule has 0 saturated carbocycles. The first kappa shape index (κ1) is 16.2. The summed E-state index contributed by atoms with van der Waals surface area (Å²) in [6.45, 7) is 5.08. The maximum atomic E-state index is 9.93. The molecule has 7 nitrogen and oxygen atoms in total. The minimum absolute atomic E-state index is 0.0435. The molecule has 2 atom stereocenters. The Bertz CT molecular complexity index is 486. The van der Waals surface area contributed by atoms with Crippen molar-refractivity contribution >= 4 is 17.5 Å². The summed E-state index contributed by atoms with van der Waals surface area (Å²) >= 11 is 5.96. The van der Waals surface area contributed by atoms with Gasteiger partial charge >= 0.3 is 6.01 Å². The van der Waals surface area contributed by atoms with E-state index in [-0.39, 0.29) is 29.5 Å². The van der Waals surface area contributed by atoms with E-state index in [0.29, 0.717) is 18.9 Å². The van der Waals surface area contributed by atoms with E-state index in [9.17, 15) is 5.11 Å². The Morgan fingerprint density at radius 3 is 2.71 bits per heavy atom. The molecule has 21 heavy (non-hydrogen) atoms. The second-order valence-electron chi connectivity index (χ2n) is 5.81. The van der Waals surface area contributed by atoms with Crippen molar-refractivity contribution in [1.82, 2.24) is 19.9 Å². The van der Waals surface area contributed by atoms with Crippen LogP contribution in [0.15, 0.2) is 0 Å². The highest BCUT2D eigenvalue weighted by Gasteiger charge is 2.33. The van der Waals surface area contributed by atoms with Crippen molar-refractivity contribution in [3.05, 3.63) is 5.28 Å². The number of rotatable bonds is 5. The average Bonchev–Trinajstić information content (AvgIpc) is 2.67. The summed E-state index contributed by atoms with van der Waals surface area (Å²) in [7, 11) is 3.99. The molecule has 2 heterocycles. The molecule has 0 bridgehead atoms. The normalized spacial score (nSPS) is 22.4. The summed E-state index contributed by atoms with van der Waals surface area (Å²) < 4.78 is 5.49. The molecule has 1 saturated heterocycles. The van der Waals surface area contributed by atoms with Crippen LogP contribution in [0.4, 0.5) is 5.95 Å². The molecule has 0 spiro atoms. The Hall–Kier alpha value is -1.18. The van der Waals surface area contributed by atoms with Crippen molar-refractivity contribution in [2.45, 2.75) is 38.5 Å². The fourth-order valence-electron chi connectivity index (χ4n) is 2.45. The van der Waals surface area contributed by atoms with Gasteiger partial charge in [0.15, 0.2) is 0 Å². The minimum atomic E-state index is -0.389. The lowest BCUT2D eigenvalue weighted by molar-refractivity contribution is 0.191. The van der Waals surface area contributed by atoms with Gasteiger partial charge in [0.05, 0.1) is 12.2 Å². The summed E-state index contributed by atoms with van der Waals surface area (Å²) in [5, 5.41) is 10.0. The molecule has 2 unspecified atom stereocenters. The topological polar surface area (TPSA) is 74.6 Å². The van der Waals surface area contributed by atoms with Gasteiger partial charge in [0.25, 0.3) is 0 Å². The van der Waals surface area contributed by atoms with Gasteiger partial charge in [-0.2, -0.15) is 15.0 Å². The molecule has 1 aliphatic heterocycles. The Labute approximate surface area is 129 Å². The number of aliphatic hydroxyl groups excluding tert-OH is 1. The van der Waals surface area contributed by atoms with E-state index < -0.39 is 0 Å².